The van der Waals surface area contributed by atoms with Gasteiger partial charge in [-0.25, -0.2) is 0 Å². The fourth-order valence-corrected chi connectivity index (χ4v) is 2.22. The minimum Gasteiger partial charge on any atom is -0.426 e. The van der Waals surface area contributed by atoms with Crippen molar-refractivity contribution >= 4 is 18.9 Å². The van der Waals surface area contributed by atoms with E-state index in [1.807, 2.05) is 0 Å². The van der Waals surface area contributed by atoms with Gasteiger partial charge in [-0.1, -0.05) is 13.8 Å². The molecule has 0 unspecified atom stereocenters. The van der Waals surface area contributed by atoms with E-state index in [4.69, 9.17) is 0 Å². The summed E-state index contributed by atoms with van der Waals surface area (Å²) in [7, 11) is 0.0725. The zero-order valence-corrected chi connectivity index (χ0v) is 11.2. The SMILES string of the molecule is CC(C)C(=O)N(C)CC(=O)N1CCC[C@H]1B(O)O. The second-order valence-corrected chi connectivity index (χ2v) is 5.06. The van der Waals surface area contributed by atoms with E-state index in [1.54, 1.807) is 20.9 Å². The van der Waals surface area contributed by atoms with Gasteiger partial charge in [0, 0.05) is 19.5 Å². The first kappa shape index (κ1) is 15.0. The van der Waals surface area contributed by atoms with Crippen LogP contribution in [0.3, 0.4) is 0 Å². The number of hydrogen-bond acceptors (Lipinski definition) is 4. The third kappa shape index (κ3) is 3.46. The molecule has 1 saturated heterocycles. The minimum absolute atomic E-state index is 0.0137. The van der Waals surface area contributed by atoms with Crippen LogP contribution in [0.1, 0.15) is 26.7 Å². The molecule has 1 heterocycles. The van der Waals surface area contributed by atoms with Crippen LogP contribution < -0.4 is 0 Å². The molecule has 7 heteroatoms. The second-order valence-electron chi connectivity index (χ2n) is 5.06. The molecule has 1 aliphatic heterocycles. The van der Waals surface area contributed by atoms with Crippen LogP contribution in [0, 0.1) is 5.92 Å². The summed E-state index contributed by atoms with van der Waals surface area (Å²) in [5.41, 5.74) is 0. The zero-order chi connectivity index (χ0) is 13.9. The minimum atomic E-state index is -1.51. The molecule has 0 aromatic rings. The third-order valence-electron chi connectivity index (χ3n) is 3.21. The number of amides is 2. The number of nitrogens with zero attached hydrogens (tertiary/aromatic N) is 2. The van der Waals surface area contributed by atoms with Gasteiger partial charge in [-0.3, -0.25) is 9.59 Å². The predicted octanol–water partition coefficient (Wildman–Crippen LogP) is -0.896. The van der Waals surface area contributed by atoms with Crippen molar-refractivity contribution < 1.29 is 19.6 Å². The number of hydrogen-bond donors (Lipinski definition) is 2. The Labute approximate surface area is 108 Å². The van der Waals surface area contributed by atoms with Crippen LogP contribution in [0.25, 0.3) is 0 Å². The van der Waals surface area contributed by atoms with Crippen LogP contribution in [0.5, 0.6) is 0 Å². The summed E-state index contributed by atoms with van der Waals surface area (Å²) in [6, 6.07) is 0. The van der Waals surface area contributed by atoms with Crippen LogP contribution in [-0.2, 0) is 9.59 Å². The van der Waals surface area contributed by atoms with Gasteiger partial charge >= 0.3 is 7.12 Å². The Kier molecular flexibility index (Phi) is 5.16. The number of carbonyl (C=O) groups is 2. The topological polar surface area (TPSA) is 81.1 Å². The molecule has 1 rings (SSSR count). The van der Waals surface area contributed by atoms with E-state index in [-0.39, 0.29) is 24.3 Å². The lowest BCUT2D eigenvalue weighted by Gasteiger charge is -2.27. The van der Waals surface area contributed by atoms with Crippen molar-refractivity contribution in [1.29, 1.82) is 0 Å². The Morgan fingerprint density at radius 2 is 2.06 bits per heavy atom. The molecule has 0 aromatic heterocycles. The lowest BCUT2D eigenvalue weighted by atomic mass is 9.78. The van der Waals surface area contributed by atoms with Crippen LogP contribution in [-0.4, -0.2) is 64.9 Å². The molecule has 1 atom stereocenters. The first-order chi connectivity index (χ1) is 8.34. The van der Waals surface area contributed by atoms with E-state index in [2.05, 4.69) is 0 Å². The van der Waals surface area contributed by atoms with Crippen molar-refractivity contribution in [3.8, 4) is 0 Å². The van der Waals surface area contributed by atoms with E-state index in [0.29, 0.717) is 13.0 Å². The van der Waals surface area contributed by atoms with Crippen molar-refractivity contribution in [2.45, 2.75) is 32.6 Å². The molecule has 0 spiro atoms. The highest BCUT2D eigenvalue weighted by atomic mass is 16.4. The molecule has 1 aliphatic rings. The summed E-state index contributed by atoms with van der Waals surface area (Å²) in [5, 5.41) is 18.4. The van der Waals surface area contributed by atoms with Crippen molar-refractivity contribution in [2.75, 3.05) is 20.1 Å². The van der Waals surface area contributed by atoms with Gasteiger partial charge in [-0.2, -0.15) is 0 Å². The Morgan fingerprint density at radius 3 is 2.56 bits per heavy atom. The highest BCUT2D eigenvalue weighted by Gasteiger charge is 2.37. The third-order valence-corrected chi connectivity index (χ3v) is 3.21. The Morgan fingerprint density at radius 1 is 1.44 bits per heavy atom. The predicted molar refractivity (Wildman–Crippen MR) is 67.4 cm³/mol. The first-order valence-electron chi connectivity index (χ1n) is 6.25. The summed E-state index contributed by atoms with van der Waals surface area (Å²) >= 11 is 0. The summed E-state index contributed by atoms with van der Waals surface area (Å²) in [6.07, 6.45) is 1.35. The monoisotopic (exact) mass is 256 g/mol. The van der Waals surface area contributed by atoms with E-state index >= 15 is 0 Å². The fraction of sp³-hybridized carbons (Fsp3) is 0.818. The quantitative estimate of drug-likeness (QED) is 0.639. The van der Waals surface area contributed by atoms with E-state index < -0.39 is 13.1 Å². The average Bonchev–Trinajstić information content (AvgIpc) is 2.76. The maximum Gasteiger partial charge on any atom is 0.475 e. The summed E-state index contributed by atoms with van der Waals surface area (Å²) in [5.74, 6) is -1.02. The standard InChI is InChI=1S/C11H21BN2O4/c1-8(2)11(16)13(3)7-10(15)14-6-4-5-9(14)12(17)18/h8-9,17-18H,4-7H2,1-3H3/t9-/m0/s1. The average molecular weight is 256 g/mol. The Balaban J connectivity index is 2.57. The lowest BCUT2D eigenvalue weighted by Crippen LogP contribution is -2.49. The van der Waals surface area contributed by atoms with Crippen molar-refractivity contribution in [2.24, 2.45) is 5.92 Å². The van der Waals surface area contributed by atoms with Gasteiger partial charge < -0.3 is 19.8 Å². The molecular formula is C11H21BN2O4. The summed E-state index contributed by atoms with van der Waals surface area (Å²) in [6.45, 7) is 4.06. The zero-order valence-electron chi connectivity index (χ0n) is 11.2. The van der Waals surface area contributed by atoms with Gasteiger partial charge in [0.2, 0.25) is 11.8 Å². The van der Waals surface area contributed by atoms with E-state index in [0.717, 1.165) is 6.42 Å². The van der Waals surface area contributed by atoms with Gasteiger partial charge in [0.25, 0.3) is 0 Å². The van der Waals surface area contributed by atoms with Crippen LogP contribution in [0.15, 0.2) is 0 Å². The van der Waals surface area contributed by atoms with Crippen LogP contribution in [0.2, 0.25) is 0 Å². The second kappa shape index (κ2) is 6.20. The van der Waals surface area contributed by atoms with Crippen molar-refractivity contribution in [1.82, 2.24) is 9.80 Å². The maximum atomic E-state index is 12.0. The van der Waals surface area contributed by atoms with Gasteiger partial charge in [0.1, 0.15) is 0 Å². The lowest BCUT2D eigenvalue weighted by molar-refractivity contribution is -0.141. The Hall–Kier alpha value is -1.08. The normalized spacial score (nSPS) is 19.2. The maximum absolute atomic E-state index is 12.0. The van der Waals surface area contributed by atoms with Crippen LogP contribution in [0.4, 0.5) is 0 Å². The van der Waals surface area contributed by atoms with E-state index in [9.17, 15) is 19.6 Å². The largest absolute Gasteiger partial charge is 0.475 e. The molecule has 0 aromatic carbocycles. The molecule has 6 nitrogen and oxygen atoms in total. The molecular weight excluding hydrogens is 235 g/mol. The first-order valence-corrected chi connectivity index (χ1v) is 6.25. The molecule has 0 aliphatic carbocycles. The molecule has 0 bridgehead atoms. The summed E-state index contributed by atoms with van der Waals surface area (Å²) < 4.78 is 0. The van der Waals surface area contributed by atoms with Gasteiger partial charge in [-0.15, -0.1) is 0 Å². The molecule has 2 N–H and O–H groups in total. The number of carbonyl (C=O) groups excluding carboxylic acids is 2. The van der Waals surface area contributed by atoms with Crippen molar-refractivity contribution in [3.63, 3.8) is 0 Å². The van der Waals surface area contributed by atoms with E-state index in [1.165, 1.54) is 9.80 Å². The molecule has 1 fully saturated rings. The smallest absolute Gasteiger partial charge is 0.426 e. The molecule has 2 amide bonds. The van der Waals surface area contributed by atoms with Crippen molar-refractivity contribution in [3.05, 3.63) is 0 Å². The fourth-order valence-electron chi connectivity index (χ4n) is 2.22. The van der Waals surface area contributed by atoms with Gasteiger partial charge in [-0.05, 0) is 12.8 Å². The molecule has 18 heavy (non-hydrogen) atoms. The number of likely N-dealkylation sites (N-methyl/N-ethyl adjacent to an activating group) is 1. The highest BCUT2D eigenvalue weighted by molar-refractivity contribution is 6.43. The summed E-state index contributed by atoms with van der Waals surface area (Å²) in [4.78, 5) is 26.5. The molecule has 0 saturated carbocycles. The number of likely N-dealkylation sites (tertiary alicyclic amines) is 1. The van der Waals surface area contributed by atoms with Crippen LogP contribution >= 0.6 is 0 Å². The highest BCUT2D eigenvalue weighted by Crippen LogP contribution is 2.18. The molecule has 102 valence electrons. The van der Waals surface area contributed by atoms with Gasteiger partial charge in [0.15, 0.2) is 0 Å². The number of rotatable bonds is 4. The van der Waals surface area contributed by atoms with Gasteiger partial charge in [0.05, 0.1) is 12.5 Å². The molecule has 0 radical (unpaired) electrons. The Bertz CT molecular complexity index is 322.